The molecule has 0 radical (unpaired) electrons. The number of hydrogen-bond donors (Lipinski definition) is 3. The Balaban J connectivity index is 1.84. The lowest BCUT2D eigenvalue weighted by molar-refractivity contribution is -0.188. The van der Waals surface area contributed by atoms with Crippen LogP contribution >= 0.6 is 0 Å². The molecule has 28 heavy (non-hydrogen) atoms. The number of fused-ring (bicyclic) bond motifs is 5. The van der Waals surface area contributed by atoms with Crippen LogP contribution in [0.4, 0.5) is 0 Å². The highest BCUT2D eigenvalue weighted by Gasteiger charge is 2.74. The quantitative estimate of drug-likeness (QED) is 0.629. The molecule has 3 saturated carbocycles. The Morgan fingerprint density at radius 2 is 1.93 bits per heavy atom. The Hall–Kier alpha value is -1.44. The van der Waals surface area contributed by atoms with Crippen molar-refractivity contribution >= 4 is 11.6 Å². The first kappa shape index (κ1) is 19.9. The number of rotatable bonds is 3. The Labute approximate surface area is 164 Å². The number of carbonyl (C=O) groups is 2. The van der Waals surface area contributed by atoms with Gasteiger partial charge in [0.25, 0.3) is 0 Å². The first-order valence-electron chi connectivity index (χ1n) is 10.2. The molecular weight excluding hydrogens is 362 g/mol. The summed E-state index contributed by atoms with van der Waals surface area (Å²) < 4.78 is 0. The molecule has 7 nitrogen and oxygen atoms in total. The van der Waals surface area contributed by atoms with Crippen LogP contribution in [0.15, 0.2) is 16.8 Å². The number of ketones is 2. The molecule has 0 saturated heterocycles. The molecule has 0 spiro atoms. The molecule has 3 fully saturated rings. The van der Waals surface area contributed by atoms with Crippen LogP contribution in [0.5, 0.6) is 0 Å². The summed E-state index contributed by atoms with van der Waals surface area (Å²) in [6, 6.07) is 0. The molecule has 4 aliphatic rings. The second-order valence-corrected chi connectivity index (χ2v) is 9.75. The lowest BCUT2D eigenvalue weighted by atomic mass is 9.42. The van der Waals surface area contributed by atoms with Crippen molar-refractivity contribution in [3.63, 3.8) is 0 Å². The van der Waals surface area contributed by atoms with Crippen LogP contribution in [-0.2, 0) is 9.59 Å². The minimum Gasteiger partial charge on any atom is -0.390 e. The van der Waals surface area contributed by atoms with E-state index in [-0.39, 0.29) is 30.5 Å². The molecule has 4 aliphatic carbocycles. The van der Waals surface area contributed by atoms with E-state index in [0.29, 0.717) is 32.1 Å². The second kappa shape index (κ2) is 6.03. The maximum absolute atomic E-state index is 12.4. The molecule has 7 atom stereocenters. The SMILES string of the molecule is C[C@]12CCC(=O)C=C1CC[C@H]1[C@@H]3CC[C@](O)(C(=O)CO)[C@@]3(C)C[C@H](O)[C@@]12N=O. The largest absolute Gasteiger partial charge is 0.390 e. The van der Waals surface area contributed by atoms with Crippen LogP contribution in [0.2, 0.25) is 0 Å². The summed E-state index contributed by atoms with van der Waals surface area (Å²) in [5.41, 5.74) is -3.71. The molecule has 3 N–H and O–H groups in total. The number of aliphatic hydroxyl groups is 3. The molecule has 0 aromatic heterocycles. The van der Waals surface area contributed by atoms with E-state index in [2.05, 4.69) is 5.18 Å². The fraction of sp³-hybridized carbons (Fsp3) is 0.810. The number of hydrogen-bond acceptors (Lipinski definition) is 7. The van der Waals surface area contributed by atoms with Crippen molar-refractivity contribution in [1.29, 1.82) is 0 Å². The zero-order valence-corrected chi connectivity index (χ0v) is 16.5. The molecule has 154 valence electrons. The molecule has 7 heteroatoms. The molecule has 0 aromatic rings. The highest BCUT2D eigenvalue weighted by Crippen LogP contribution is 2.70. The Morgan fingerprint density at radius 1 is 1.21 bits per heavy atom. The third kappa shape index (κ3) is 2.05. The van der Waals surface area contributed by atoms with Crippen molar-refractivity contribution in [3.8, 4) is 0 Å². The predicted octanol–water partition coefficient (Wildman–Crippen LogP) is 1.67. The molecule has 0 amide bonds. The lowest BCUT2D eigenvalue weighted by Gasteiger charge is -2.63. The van der Waals surface area contributed by atoms with E-state index in [4.69, 9.17) is 0 Å². The smallest absolute Gasteiger partial charge is 0.190 e. The molecular formula is C21H29NO6. The van der Waals surface area contributed by atoms with E-state index in [1.807, 2.05) is 6.92 Å². The van der Waals surface area contributed by atoms with Crippen molar-refractivity contribution in [2.24, 2.45) is 27.8 Å². The summed E-state index contributed by atoms with van der Waals surface area (Å²) in [7, 11) is 0. The summed E-state index contributed by atoms with van der Waals surface area (Å²) in [6.45, 7) is 2.99. The fourth-order valence-corrected chi connectivity index (χ4v) is 7.44. The minimum absolute atomic E-state index is 0.0471. The van der Waals surface area contributed by atoms with E-state index in [1.54, 1.807) is 13.0 Å². The first-order valence-corrected chi connectivity index (χ1v) is 10.2. The molecule has 0 aromatic carbocycles. The summed E-state index contributed by atoms with van der Waals surface area (Å²) in [5, 5.41) is 35.6. The monoisotopic (exact) mass is 391 g/mol. The van der Waals surface area contributed by atoms with Crippen molar-refractivity contribution in [1.82, 2.24) is 0 Å². The normalized spacial score (nSPS) is 50.2. The average Bonchev–Trinajstić information content (AvgIpc) is 2.93. The van der Waals surface area contributed by atoms with Crippen LogP contribution in [0.3, 0.4) is 0 Å². The van der Waals surface area contributed by atoms with E-state index < -0.39 is 40.5 Å². The molecule has 0 heterocycles. The molecule has 0 bridgehead atoms. The molecule has 0 aliphatic heterocycles. The standard InChI is InChI=1S/C21H29NO6/c1-18-7-5-13(24)9-12(18)3-4-15-14-6-8-20(27,17(26)11-23)19(14,2)10-16(25)21(15,18)22-28/h9,14-16,23,25,27H,3-8,10-11H2,1-2H3/t14-,15-,16-,18-,19-,20-,21-/m0/s1. The summed E-state index contributed by atoms with van der Waals surface area (Å²) in [4.78, 5) is 36.8. The summed E-state index contributed by atoms with van der Waals surface area (Å²) in [5.74, 6) is -1.02. The Bertz CT molecular complexity index is 779. The highest BCUT2D eigenvalue weighted by atomic mass is 16.3. The van der Waals surface area contributed by atoms with Gasteiger partial charge in [0.15, 0.2) is 11.6 Å². The van der Waals surface area contributed by atoms with Crippen LogP contribution in [-0.4, -0.2) is 50.7 Å². The lowest BCUT2D eigenvalue weighted by Crippen LogP contribution is -2.70. The average molecular weight is 391 g/mol. The van der Waals surface area contributed by atoms with Gasteiger partial charge >= 0.3 is 0 Å². The van der Waals surface area contributed by atoms with E-state index in [1.165, 1.54) is 0 Å². The summed E-state index contributed by atoms with van der Waals surface area (Å²) >= 11 is 0. The van der Waals surface area contributed by atoms with Gasteiger partial charge in [0.2, 0.25) is 0 Å². The van der Waals surface area contributed by atoms with Gasteiger partial charge in [0.1, 0.15) is 17.7 Å². The zero-order valence-electron chi connectivity index (χ0n) is 16.5. The van der Waals surface area contributed by atoms with Gasteiger partial charge in [-0.05, 0) is 56.4 Å². The summed E-state index contributed by atoms with van der Waals surface area (Å²) in [6.07, 6.45) is 3.36. The van der Waals surface area contributed by atoms with Crippen LogP contribution < -0.4 is 0 Å². The van der Waals surface area contributed by atoms with Crippen LogP contribution in [0.1, 0.15) is 58.8 Å². The number of nitrogens with zero attached hydrogens (tertiary/aromatic N) is 1. The van der Waals surface area contributed by atoms with Gasteiger partial charge < -0.3 is 15.3 Å². The third-order valence-electron chi connectivity index (χ3n) is 9.04. The highest BCUT2D eigenvalue weighted by molar-refractivity contribution is 5.92. The van der Waals surface area contributed by atoms with E-state index in [0.717, 1.165) is 5.57 Å². The minimum atomic E-state index is -1.71. The van der Waals surface area contributed by atoms with E-state index in [9.17, 15) is 29.8 Å². The Kier molecular flexibility index (Phi) is 4.28. The second-order valence-electron chi connectivity index (χ2n) is 9.75. The van der Waals surface area contributed by atoms with Crippen molar-refractivity contribution in [2.75, 3.05) is 6.61 Å². The van der Waals surface area contributed by atoms with E-state index >= 15 is 0 Å². The number of nitroso groups, excluding NO2 is 1. The molecule has 0 unspecified atom stereocenters. The first-order chi connectivity index (χ1) is 13.1. The van der Waals surface area contributed by atoms with Crippen LogP contribution in [0, 0.1) is 27.6 Å². The van der Waals surface area contributed by atoms with Gasteiger partial charge in [-0.2, -0.15) is 4.91 Å². The molecule has 4 rings (SSSR count). The zero-order chi connectivity index (χ0) is 20.5. The Morgan fingerprint density at radius 3 is 2.57 bits per heavy atom. The number of aliphatic hydroxyl groups excluding tert-OH is 2. The van der Waals surface area contributed by atoms with Gasteiger partial charge in [-0.25, -0.2) is 0 Å². The number of Topliss-reactive ketones (excluding diaryl/α,β-unsaturated/α-hetero) is 1. The predicted molar refractivity (Wildman–Crippen MR) is 100 cm³/mol. The maximum atomic E-state index is 12.4. The maximum Gasteiger partial charge on any atom is 0.190 e. The van der Waals surface area contributed by atoms with Crippen molar-refractivity contribution in [2.45, 2.75) is 76.0 Å². The number of carbonyl (C=O) groups excluding carboxylic acids is 2. The topological polar surface area (TPSA) is 124 Å². The van der Waals surface area contributed by atoms with Crippen molar-refractivity contribution in [3.05, 3.63) is 16.6 Å². The van der Waals surface area contributed by atoms with Crippen LogP contribution in [0.25, 0.3) is 0 Å². The van der Waals surface area contributed by atoms with Gasteiger partial charge in [0.05, 0.1) is 6.10 Å². The van der Waals surface area contributed by atoms with Gasteiger partial charge in [-0.1, -0.05) is 24.6 Å². The van der Waals surface area contributed by atoms with Gasteiger partial charge in [-0.15, -0.1) is 0 Å². The van der Waals surface area contributed by atoms with Crippen molar-refractivity contribution < 1.29 is 24.9 Å². The van der Waals surface area contributed by atoms with Gasteiger partial charge in [-0.3, -0.25) is 9.59 Å². The fourth-order valence-electron chi connectivity index (χ4n) is 7.44. The third-order valence-corrected chi connectivity index (χ3v) is 9.04. The van der Waals surface area contributed by atoms with Gasteiger partial charge in [0, 0.05) is 17.3 Å².